The van der Waals surface area contributed by atoms with Gasteiger partial charge >= 0.3 is 0 Å². The van der Waals surface area contributed by atoms with E-state index in [0.717, 1.165) is 12.1 Å². The fourth-order valence-electron chi connectivity index (χ4n) is 1.10. The summed E-state index contributed by atoms with van der Waals surface area (Å²) in [7, 11) is 0. The summed E-state index contributed by atoms with van der Waals surface area (Å²) >= 11 is 0. The monoisotopic (exact) mass is 213 g/mol. The molecule has 6 heteroatoms. The lowest BCUT2D eigenvalue weighted by molar-refractivity contribution is -0.132. The Morgan fingerprint density at radius 1 is 1.27 bits per heavy atom. The van der Waals surface area contributed by atoms with E-state index in [9.17, 15) is 15.0 Å². The van der Waals surface area contributed by atoms with E-state index in [1.165, 1.54) is 6.07 Å². The summed E-state index contributed by atoms with van der Waals surface area (Å²) in [6, 6.07) is 3.36. The first kappa shape index (κ1) is 11.3. The number of phenolic OH excluding ortho intramolecular Hbond substituents is 2. The first-order valence-corrected chi connectivity index (χ1v) is 4.11. The van der Waals surface area contributed by atoms with E-state index >= 15 is 0 Å². The SMILES string of the molecule is NC(=O)C(O)C(O)c1cc(O)ccc1O. The molecule has 0 radical (unpaired) electrons. The van der Waals surface area contributed by atoms with Crippen LogP contribution in [0, 0.1) is 0 Å². The van der Waals surface area contributed by atoms with Gasteiger partial charge in [0, 0.05) is 5.56 Å². The summed E-state index contributed by atoms with van der Waals surface area (Å²) in [4.78, 5) is 10.6. The highest BCUT2D eigenvalue weighted by molar-refractivity contribution is 5.79. The molecule has 0 spiro atoms. The van der Waals surface area contributed by atoms with Crippen molar-refractivity contribution in [3.63, 3.8) is 0 Å². The molecule has 0 bridgehead atoms. The van der Waals surface area contributed by atoms with E-state index in [1.54, 1.807) is 0 Å². The lowest BCUT2D eigenvalue weighted by atomic mass is 10.0. The number of carbonyl (C=O) groups excluding carboxylic acids is 1. The van der Waals surface area contributed by atoms with Gasteiger partial charge in [-0.1, -0.05) is 0 Å². The Labute approximate surface area is 85.2 Å². The van der Waals surface area contributed by atoms with Crippen LogP contribution in [0.25, 0.3) is 0 Å². The van der Waals surface area contributed by atoms with Crippen molar-refractivity contribution in [3.8, 4) is 11.5 Å². The average Bonchev–Trinajstić information content (AvgIpc) is 2.19. The van der Waals surface area contributed by atoms with Crippen LogP contribution in [0.4, 0.5) is 0 Å². The number of aliphatic hydroxyl groups excluding tert-OH is 2. The van der Waals surface area contributed by atoms with Crippen molar-refractivity contribution < 1.29 is 25.2 Å². The number of primary amides is 1. The third-order valence-electron chi connectivity index (χ3n) is 1.92. The van der Waals surface area contributed by atoms with Crippen molar-refractivity contribution in [3.05, 3.63) is 23.8 Å². The minimum atomic E-state index is -1.84. The van der Waals surface area contributed by atoms with E-state index < -0.39 is 18.1 Å². The summed E-state index contributed by atoms with van der Waals surface area (Å²) < 4.78 is 0. The molecule has 0 aliphatic rings. The van der Waals surface area contributed by atoms with Gasteiger partial charge in [-0.05, 0) is 18.2 Å². The molecule has 1 aromatic rings. The second kappa shape index (κ2) is 4.16. The number of rotatable bonds is 3. The minimum Gasteiger partial charge on any atom is -0.508 e. The number of nitrogens with two attached hydrogens (primary N) is 1. The lowest BCUT2D eigenvalue weighted by Crippen LogP contribution is -2.33. The first-order valence-electron chi connectivity index (χ1n) is 4.11. The molecular weight excluding hydrogens is 202 g/mol. The summed E-state index contributed by atoms with van der Waals surface area (Å²) in [5, 5.41) is 37.0. The molecule has 6 N–H and O–H groups in total. The third-order valence-corrected chi connectivity index (χ3v) is 1.92. The first-order chi connectivity index (χ1) is 6.93. The number of amides is 1. The largest absolute Gasteiger partial charge is 0.508 e. The highest BCUT2D eigenvalue weighted by atomic mass is 16.3. The highest BCUT2D eigenvalue weighted by Gasteiger charge is 2.25. The average molecular weight is 213 g/mol. The molecule has 2 atom stereocenters. The minimum absolute atomic E-state index is 0.165. The van der Waals surface area contributed by atoms with Crippen molar-refractivity contribution in [2.45, 2.75) is 12.2 Å². The van der Waals surface area contributed by atoms with Gasteiger partial charge < -0.3 is 26.2 Å². The number of aliphatic hydroxyl groups is 2. The number of hydrogen-bond acceptors (Lipinski definition) is 5. The maximum absolute atomic E-state index is 10.6. The zero-order valence-electron chi connectivity index (χ0n) is 7.66. The van der Waals surface area contributed by atoms with Crippen LogP contribution in [0.3, 0.4) is 0 Å². The van der Waals surface area contributed by atoms with Gasteiger partial charge in [-0.3, -0.25) is 4.79 Å². The lowest BCUT2D eigenvalue weighted by Gasteiger charge is -2.16. The van der Waals surface area contributed by atoms with Gasteiger partial charge in [0.05, 0.1) is 0 Å². The fraction of sp³-hybridized carbons (Fsp3) is 0.222. The Bertz CT molecular complexity index is 379. The summed E-state index contributed by atoms with van der Waals surface area (Å²) in [5.41, 5.74) is 4.60. The van der Waals surface area contributed by atoms with Crippen LogP contribution in [0.15, 0.2) is 18.2 Å². The van der Waals surface area contributed by atoms with Crippen LogP contribution in [-0.4, -0.2) is 32.4 Å². The molecule has 1 aromatic carbocycles. The Balaban J connectivity index is 3.04. The molecule has 1 amide bonds. The van der Waals surface area contributed by atoms with Crippen LogP contribution >= 0.6 is 0 Å². The standard InChI is InChI=1S/C9H11NO5/c10-9(15)8(14)7(13)5-3-4(11)1-2-6(5)12/h1-3,7-8,11-14H,(H2,10,15). The normalized spacial score (nSPS) is 14.5. The van der Waals surface area contributed by atoms with Crippen molar-refractivity contribution in [1.82, 2.24) is 0 Å². The molecule has 0 aliphatic carbocycles. The molecule has 2 unspecified atom stereocenters. The van der Waals surface area contributed by atoms with E-state index in [0.29, 0.717) is 0 Å². The number of phenols is 2. The Hall–Kier alpha value is -1.79. The molecule has 0 saturated heterocycles. The number of hydrogen-bond donors (Lipinski definition) is 5. The quantitative estimate of drug-likeness (QED) is 0.411. The van der Waals surface area contributed by atoms with Crippen molar-refractivity contribution in [2.24, 2.45) is 5.73 Å². The summed E-state index contributed by atoms with van der Waals surface area (Å²) in [5.74, 6) is -1.68. The van der Waals surface area contributed by atoms with Gasteiger partial charge in [0.1, 0.15) is 17.6 Å². The number of benzene rings is 1. The molecule has 0 aliphatic heterocycles. The highest BCUT2D eigenvalue weighted by Crippen LogP contribution is 2.29. The van der Waals surface area contributed by atoms with Crippen LogP contribution in [-0.2, 0) is 4.79 Å². The molecule has 0 fully saturated rings. The Morgan fingerprint density at radius 3 is 2.40 bits per heavy atom. The maximum atomic E-state index is 10.6. The van der Waals surface area contributed by atoms with Crippen LogP contribution in [0.2, 0.25) is 0 Å². The predicted octanol–water partition coefficient (Wildman–Crippen LogP) is -1.02. The van der Waals surface area contributed by atoms with Gasteiger partial charge in [-0.2, -0.15) is 0 Å². The predicted molar refractivity (Wildman–Crippen MR) is 49.9 cm³/mol. The van der Waals surface area contributed by atoms with Gasteiger partial charge in [-0.25, -0.2) is 0 Å². The maximum Gasteiger partial charge on any atom is 0.249 e. The van der Waals surface area contributed by atoms with Crippen molar-refractivity contribution in [1.29, 1.82) is 0 Å². The molecule has 0 saturated carbocycles. The van der Waals surface area contributed by atoms with Crippen LogP contribution in [0.1, 0.15) is 11.7 Å². The van der Waals surface area contributed by atoms with Crippen LogP contribution < -0.4 is 5.73 Å². The van der Waals surface area contributed by atoms with Crippen LogP contribution in [0.5, 0.6) is 11.5 Å². The topological polar surface area (TPSA) is 124 Å². The van der Waals surface area contributed by atoms with Crippen molar-refractivity contribution >= 4 is 5.91 Å². The van der Waals surface area contributed by atoms with Gasteiger partial charge in [-0.15, -0.1) is 0 Å². The molecule has 15 heavy (non-hydrogen) atoms. The Morgan fingerprint density at radius 2 is 1.87 bits per heavy atom. The molecule has 0 heterocycles. The van der Waals surface area contributed by atoms with Gasteiger partial charge in [0.2, 0.25) is 5.91 Å². The third kappa shape index (κ3) is 2.36. The molecule has 1 rings (SSSR count). The summed E-state index contributed by atoms with van der Waals surface area (Å²) in [6.07, 6.45) is -3.51. The van der Waals surface area contributed by atoms with E-state index in [1.807, 2.05) is 0 Å². The molecular formula is C9H11NO5. The molecule has 0 aromatic heterocycles. The summed E-state index contributed by atoms with van der Waals surface area (Å²) in [6.45, 7) is 0. The number of aromatic hydroxyl groups is 2. The molecule has 82 valence electrons. The smallest absolute Gasteiger partial charge is 0.249 e. The second-order valence-corrected chi connectivity index (χ2v) is 3.04. The Kier molecular flexibility index (Phi) is 3.13. The second-order valence-electron chi connectivity index (χ2n) is 3.04. The molecule has 6 nitrogen and oxygen atoms in total. The van der Waals surface area contributed by atoms with Gasteiger partial charge in [0.25, 0.3) is 0 Å². The fourth-order valence-corrected chi connectivity index (χ4v) is 1.10. The zero-order valence-corrected chi connectivity index (χ0v) is 7.66. The van der Waals surface area contributed by atoms with Gasteiger partial charge in [0.15, 0.2) is 6.10 Å². The van der Waals surface area contributed by atoms with E-state index in [2.05, 4.69) is 0 Å². The number of carbonyl (C=O) groups is 1. The zero-order chi connectivity index (χ0) is 11.6. The van der Waals surface area contributed by atoms with Crippen molar-refractivity contribution in [2.75, 3.05) is 0 Å². The van der Waals surface area contributed by atoms with E-state index in [-0.39, 0.29) is 17.1 Å². The van der Waals surface area contributed by atoms with E-state index in [4.69, 9.17) is 15.9 Å².